The maximum absolute atomic E-state index is 5.50. The SMILES string of the molecule is C=CCONC(N)=Nc1nccc(C)n1. The first-order chi connectivity index (χ1) is 7.22. The second-order valence-electron chi connectivity index (χ2n) is 2.70. The summed E-state index contributed by atoms with van der Waals surface area (Å²) in [5, 5.41) is 0. The van der Waals surface area contributed by atoms with Crippen LogP contribution in [0.1, 0.15) is 5.69 Å². The van der Waals surface area contributed by atoms with E-state index in [-0.39, 0.29) is 5.96 Å². The first-order valence-electron chi connectivity index (χ1n) is 4.35. The first kappa shape index (κ1) is 11.1. The molecule has 6 heteroatoms. The van der Waals surface area contributed by atoms with Gasteiger partial charge in [0.15, 0.2) is 0 Å². The summed E-state index contributed by atoms with van der Waals surface area (Å²) in [6.45, 7) is 5.67. The molecule has 1 aromatic rings. The Hall–Kier alpha value is -1.95. The molecule has 0 unspecified atom stereocenters. The van der Waals surface area contributed by atoms with Crippen LogP contribution in [-0.4, -0.2) is 22.5 Å². The Morgan fingerprint density at radius 3 is 3.27 bits per heavy atom. The van der Waals surface area contributed by atoms with Gasteiger partial charge in [0.2, 0.25) is 5.96 Å². The smallest absolute Gasteiger partial charge is 0.252 e. The summed E-state index contributed by atoms with van der Waals surface area (Å²) >= 11 is 0. The molecule has 3 N–H and O–H groups in total. The lowest BCUT2D eigenvalue weighted by Gasteiger charge is -2.02. The highest BCUT2D eigenvalue weighted by atomic mass is 16.6. The number of guanidine groups is 1. The monoisotopic (exact) mass is 207 g/mol. The zero-order valence-electron chi connectivity index (χ0n) is 8.47. The maximum atomic E-state index is 5.50. The topological polar surface area (TPSA) is 85.4 Å². The Morgan fingerprint density at radius 1 is 1.80 bits per heavy atom. The lowest BCUT2D eigenvalue weighted by Crippen LogP contribution is -2.31. The van der Waals surface area contributed by atoms with Crippen molar-refractivity contribution in [3.05, 3.63) is 30.6 Å². The van der Waals surface area contributed by atoms with E-state index in [0.717, 1.165) is 5.69 Å². The zero-order valence-corrected chi connectivity index (χ0v) is 8.47. The third kappa shape index (κ3) is 4.19. The number of nitrogens with zero attached hydrogens (tertiary/aromatic N) is 3. The minimum atomic E-state index is 0.0995. The molecular formula is C9H13N5O. The van der Waals surface area contributed by atoms with Gasteiger partial charge < -0.3 is 5.73 Å². The summed E-state index contributed by atoms with van der Waals surface area (Å²) in [5.41, 5.74) is 8.75. The minimum Gasteiger partial charge on any atom is -0.368 e. The summed E-state index contributed by atoms with van der Waals surface area (Å²) in [6.07, 6.45) is 3.20. The molecule has 0 amide bonds. The van der Waals surface area contributed by atoms with Crippen molar-refractivity contribution in [2.45, 2.75) is 6.92 Å². The van der Waals surface area contributed by atoms with E-state index in [0.29, 0.717) is 12.6 Å². The van der Waals surface area contributed by atoms with Gasteiger partial charge in [0.25, 0.3) is 5.95 Å². The summed E-state index contributed by atoms with van der Waals surface area (Å²) in [7, 11) is 0. The second kappa shape index (κ2) is 5.71. The van der Waals surface area contributed by atoms with Crippen LogP contribution >= 0.6 is 0 Å². The quantitative estimate of drug-likeness (QED) is 0.246. The van der Waals surface area contributed by atoms with Crippen molar-refractivity contribution in [3.63, 3.8) is 0 Å². The number of hydroxylamine groups is 1. The van der Waals surface area contributed by atoms with Gasteiger partial charge in [-0.2, -0.15) is 4.99 Å². The zero-order chi connectivity index (χ0) is 11.1. The molecular weight excluding hydrogens is 194 g/mol. The van der Waals surface area contributed by atoms with Gasteiger partial charge in [0.1, 0.15) is 0 Å². The number of hydrogen-bond donors (Lipinski definition) is 2. The van der Waals surface area contributed by atoms with Gasteiger partial charge >= 0.3 is 0 Å². The van der Waals surface area contributed by atoms with Crippen LogP contribution in [0.3, 0.4) is 0 Å². The van der Waals surface area contributed by atoms with E-state index in [1.165, 1.54) is 0 Å². The molecule has 0 aliphatic carbocycles. The van der Waals surface area contributed by atoms with Gasteiger partial charge in [-0.3, -0.25) is 4.84 Å². The fourth-order valence-electron chi connectivity index (χ4n) is 0.795. The van der Waals surface area contributed by atoms with Gasteiger partial charge in [0, 0.05) is 11.9 Å². The van der Waals surface area contributed by atoms with Crippen LogP contribution in [0.15, 0.2) is 29.9 Å². The molecule has 0 fully saturated rings. The molecule has 0 bridgehead atoms. The summed E-state index contributed by atoms with van der Waals surface area (Å²) in [4.78, 5) is 16.7. The number of hydrogen-bond acceptors (Lipinski definition) is 4. The number of aryl methyl sites for hydroxylation is 1. The van der Waals surface area contributed by atoms with Crippen LogP contribution in [0.4, 0.5) is 5.95 Å². The number of nitrogens with one attached hydrogen (secondary N) is 1. The average molecular weight is 207 g/mol. The van der Waals surface area contributed by atoms with Crippen molar-refractivity contribution >= 4 is 11.9 Å². The highest BCUT2D eigenvalue weighted by molar-refractivity contribution is 5.78. The Balaban J connectivity index is 2.57. The highest BCUT2D eigenvalue weighted by Gasteiger charge is 1.95. The number of aliphatic imine (C=N–C) groups is 1. The Bertz CT molecular complexity index is 363. The standard InChI is InChI=1S/C9H13N5O/c1-3-6-15-14-8(10)13-9-11-5-4-7(2)12-9/h3-5H,1,6H2,2H3,(H3,10,11,12,13,14). The minimum absolute atomic E-state index is 0.0995. The second-order valence-corrected chi connectivity index (χ2v) is 2.70. The van der Waals surface area contributed by atoms with Crippen LogP contribution in [-0.2, 0) is 4.84 Å². The van der Waals surface area contributed by atoms with E-state index >= 15 is 0 Å². The van der Waals surface area contributed by atoms with Crippen molar-refractivity contribution in [1.82, 2.24) is 15.4 Å². The molecule has 1 heterocycles. The molecule has 0 spiro atoms. The van der Waals surface area contributed by atoms with Gasteiger partial charge in [-0.05, 0) is 13.0 Å². The molecule has 0 aliphatic rings. The fraction of sp³-hybridized carbons (Fsp3) is 0.222. The van der Waals surface area contributed by atoms with Crippen molar-refractivity contribution in [2.24, 2.45) is 10.7 Å². The van der Waals surface area contributed by atoms with E-state index < -0.39 is 0 Å². The van der Waals surface area contributed by atoms with Crippen molar-refractivity contribution < 1.29 is 4.84 Å². The van der Waals surface area contributed by atoms with Crippen molar-refractivity contribution in [1.29, 1.82) is 0 Å². The lowest BCUT2D eigenvalue weighted by atomic mass is 10.5. The van der Waals surface area contributed by atoms with Crippen LogP contribution in [0, 0.1) is 6.92 Å². The average Bonchev–Trinajstić information content (AvgIpc) is 2.18. The molecule has 1 aromatic heterocycles. The molecule has 0 aromatic carbocycles. The molecule has 0 radical (unpaired) electrons. The molecule has 1 rings (SSSR count). The molecule has 0 atom stereocenters. The normalized spacial score (nSPS) is 11.1. The fourth-order valence-corrected chi connectivity index (χ4v) is 0.795. The third-order valence-electron chi connectivity index (χ3n) is 1.38. The summed E-state index contributed by atoms with van der Waals surface area (Å²) in [5.74, 6) is 0.393. The molecule has 0 saturated heterocycles. The van der Waals surface area contributed by atoms with E-state index in [2.05, 4.69) is 27.0 Å². The predicted molar refractivity (Wildman–Crippen MR) is 57.3 cm³/mol. The lowest BCUT2D eigenvalue weighted by molar-refractivity contribution is 0.110. The van der Waals surface area contributed by atoms with E-state index in [1.807, 2.05) is 6.92 Å². The largest absolute Gasteiger partial charge is 0.368 e. The molecule has 15 heavy (non-hydrogen) atoms. The Labute approximate surface area is 87.9 Å². The highest BCUT2D eigenvalue weighted by Crippen LogP contribution is 2.01. The summed E-state index contributed by atoms with van der Waals surface area (Å²) in [6, 6.07) is 1.77. The third-order valence-corrected chi connectivity index (χ3v) is 1.38. The molecule has 6 nitrogen and oxygen atoms in total. The van der Waals surface area contributed by atoms with Crippen LogP contribution in [0.2, 0.25) is 0 Å². The van der Waals surface area contributed by atoms with E-state index in [4.69, 9.17) is 10.6 Å². The van der Waals surface area contributed by atoms with Crippen molar-refractivity contribution in [3.8, 4) is 0 Å². The van der Waals surface area contributed by atoms with Gasteiger partial charge in [-0.25, -0.2) is 15.4 Å². The summed E-state index contributed by atoms with van der Waals surface area (Å²) < 4.78 is 0. The molecule has 80 valence electrons. The Morgan fingerprint density at radius 2 is 2.60 bits per heavy atom. The van der Waals surface area contributed by atoms with E-state index in [1.54, 1.807) is 18.3 Å². The van der Waals surface area contributed by atoms with Gasteiger partial charge in [-0.1, -0.05) is 6.08 Å². The van der Waals surface area contributed by atoms with E-state index in [9.17, 15) is 0 Å². The Kier molecular flexibility index (Phi) is 4.24. The first-order valence-corrected chi connectivity index (χ1v) is 4.35. The molecule has 0 aliphatic heterocycles. The number of rotatable bonds is 4. The number of nitrogens with two attached hydrogens (primary N) is 1. The van der Waals surface area contributed by atoms with Gasteiger partial charge in [-0.15, -0.1) is 6.58 Å². The van der Waals surface area contributed by atoms with Crippen molar-refractivity contribution in [2.75, 3.05) is 6.61 Å². The number of aromatic nitrogens is 2. The van der Waals surface area contributed by atoms with Crippen LogP contribution < -0.4 is 11.2 Å². The molecule has 0 saturated carbocycles. The van der Waals surface area contributed by atoms with Gasteiger partial charge in [0.05, 0.1) is 6.61 Å². The predicted octanol–water partition coefficient (Wildman–Crippen LogP) is 0.438. The van der Waals surface area contributed by atoms with Crippen LogP contribution in [0.25, 0.3) is 0 Å². The maximum Gasteiger partial charge on any atom is 0.252 e. The van der Waals surface area contributed by atoms with Crippen LogP contribution in [0.5, 0.6) is 0 Å².